The van der Waals surface area contributed by atoms with Gasteiger partial charge in [-0.2, -0.15) is 0 Å². The fraction of sp³-hybridized carbons (Fsp3) is 0.917. The van der Waals surface area contributed by atoms with E-state index in [0.717, 1.165) is 32.0 Å². The van der Waals surface area contributed by atoms with Crippen molar-refractivity contribution in [3.8, 4) is 0 Å². The Balaban J connectivity index is 0.00000256. The monoisotopic (exact) mass is 354 g/mol. The molecule has 1 saturated heterocycles. The minimum Gasteiger partial charge on any atom is -0.370 e. The molecule has 0 saturated carbocycles. The molecule has 4 nitrogen and oxygen atoms in total. The van der Waals surface area contributed by atoms with Crippen LogP contribution in [-0.2, 0) is 0 Å². The summed E-state index contributed by atoms with van der Waals surface area (Å²) in [5.74, 6) is 1.44. The first kappa shape index (κ1) is 17.0. The number of rotatable bonds is 5. The van der Waals surface area contributed by atoms with Crippen LogP contribution in [0.15, 0.2) is 4.99 Å². The van der Waals surface area contributed by atoms with Gasteiger partial charge in [0.2, 0.25) is 0 Å². The van der Waals surface area contributed by atoms with Crippen molar-refractivity contribution in [1.29, 1.82) is 0 Å². The zero-order valence-corrected chi connectivity index (χ0v) is 13.4. The predicted molar refractivity (Wildman–Crippen MR) is 85.0 cm³/mol. The van der Waals surface area contributed by atoms with E-state index in [9.17, 15) is 0 Å². The third kappa shape index (κ3) is 7.81. The van der Waals surface area contributed by atoms with Crippen molar-refractivity contribution in [2.24, 2.45) is 16.6 Å². The van der Waals surface area contributed by atoms with E-state index in [1.165, 1.54) is 25.9 Å². The average Bonchev–Trinajstić information content (AvgIpc) is 2.26. The molecule has 1 unspecified atom stereocenters. The van der Waals surface area contributed by atoms with Gasteiger partial charge < -0.3 is 16.0 Å². The largest absolute Gasteiger partial charge is 0.370 e. The number of nitrogens with zero attached hydrogens (tertiary/aromatic N) is 2. The van der Waals surface area contributed by atoms with Crippen LogP contribution < -0.4 is 11.1 Å². The predicted octanol–water partition coefficient (Wildman–Crippen LogP) is 1.65. The standard InChI is InChI=1S/C12H26N4.HI/c1-3-6-14-12(13)15-7-9-16-8-4-5-11(2)10-16;/h11H,3-10H2,1-2H3,(H3,13,14,15);1H. The summed E-state index contributed by atoms with van der Waals surface area (Å²) in [6.07, 6.45) is 3.76. The van der Waals surface area contributed by atoms with Crippen LogP contribution in [0, 0.1) is 5.92 Å². The number of likely N-dealkylation sites (tertiary alicyclic amines) is 1. The van der Waals surface area contributed by atoms with Gasteiger partial charge in [-0.25, -0.2) is 0 Å². The molecule has 1 aliphatic rings. The van der Waals surface area contributed by atoms with Crippen LogP contribution in [0.5, 0.6) is 0 Å². The number of aliphatic imine (C=N–C) groups is 1. The minimum atomic E-state index is 0. The molecule has 1 fully saturated rings. The van der Waals surface area contributed by atoms with Crippen LogP contribution in [-0.4, -0.2) is 43.6 Å². The number of piperidine rings is 1. The van der Waals surface area contributed by atoms with Gasteiger partial charge in [-0.05, 0) is 31.7 Å². The fourth-order valence-electron chi connectivity index (χ4n) is 2.12. The third-order valence-corrected chi connectivity index (χ3v) is 2.98. The lowest BCUT2D eigenvalue weighted by Gasteiger charge is -2.30. The van der Waals surface area contributed by atoms with Crippen molar-refractivity contribution in [3.63, 3.8) is 0 Å². The third-order valence-electron chi connectivity index (χ3n) is 2.98. The first-order valence-corrected chi connectivity index (χ1v) is 6.48. The summed E-state index contributed by atoms with van der Waals surface area (Å²) in [4.78, 5) is 6.71. The Hall–Kier alpha value is -0.0400. The highest BCUT2D eigenvalue weighted by Crippen LogP contribution is 2.14. The lowest BCUT2D eigenvalue weighted by molar-refractivity contribution is 0.187. The maximum Gasteiger partial charge on any atom is 0.188 e. The molecule has 102 valence electrons. The highest BCUT2D eigenvalue weighted by Gasteiger charge is 2.15. The van der Waals surface area contributed by atoms with Crippen LogP contribution in [0.25, 0.3) is 0 Å². The highest BCUT2D eigenvalue weighted by atomic mass is 127. The number of hydrogen-bond acceptors (Lipinski definition) is 2. The maximum atomic E-state index is 5.72. The van der Waals surface area contributed by atoms with Crippen LogP contribution in [0.3, 0.4) is 0 Å². The van der Waals surface area contributed by atoms with Crippen LogP contribution in [0.1, 0.15) is 33.1 Å². The molecule has 0 spiro atoms. The van der Waals surface area contributed by atoms with Crippen LogP contribution >= 0.6 is 24.0 Å². The van der Waals surface area contributed by atoms with Crippen molar-refractivity contribution < 1.29 is 0 Å². The van der Waals surface area contributed by atoms with Gasteiger partial charge in [0.15, 0.2) is 5.96 Å². The number of nitrogens with two attached hydrogens (primary N) is 1. The molecule has 0 bridgehead atoms. The summed E-state index contributed by atoms with van der Waals surface area (Å²) in [5, 5.41) is 3.17. The molecule has 1 atom stereocenters. The number of hydrogen-bond donors (Lipinski definition) is 2. The van der Waals surface area contributed by atoms with E-state index in [1.807, 2.05) is 0 Å². The van der Waals surface area contributed by atoms with E-state index in [4.69, 9.17) is 5.73 Å². The van der Waals surface area contributed by atoms with Crippen molar-refractivity contribution in [1.82, 2.24) is 10.2 Å². The van der Waals surface area contributed by atoms with Crippen molar-refractivity contribution in [3.05, 3.63) is 0 Å². The Labute approximate surface area is 122 Å². The van der Waals surface area contributed by atoms with Gasteiger partial charge in [0.25, 0.3) is 0 Å². The van der Waals surface area contributed by atoms with Gasteiger partial charge in [0.1, 0.15) is 0 Å². The summed E-state index contributed by atoms with van der Waals surface area (Å²) in [6, 6.07) is 0. The smallest absolute Gasteiger partial charge is 0.188 e. The molecule has 0 amide bonds. The molecule has 3 N–H and O–H groups in total. The van der Waals surface area contributed by atoms with E-state index in [2.05, 4.69) is 29.1 Å². The maximum absolute atomic E-state index is 5.72. The number of nitrogens with one attached hydrogen (secondary N) is 1. The van der Waals surface area contributed by atoms with Crippen LogP contribution in [0.2, 0.25) is 0 Å². The summed E-state index contributed by atoms with van der Waals surface area (Å²) in [5.41, 5.74) is 5.72. The van der Waals surface area contributed by atoms with Gasteiger partial charge >= 0.3 is 0 Å². The van der Waals surface area contributed by atoms with Crippen LogP contribution in [0.4, 0.5) is 0 Å². The second-order valence-electron chi connectivity index (χ2n) is 4.74. The summed E-state index contributed by atoms with van der Waals surface area (Å²) < 4.78 is 0. The van der Waals surface area contributed by atoms with Crippen molar-refractivity contribution >= 4 is 29.9 Å². The lowest BCUT2D eigenvalue weighted by atomic mass is 10.0. The second kappa shape index (κ2) is 9.94. The van der Waals surface area contributed by atoms with Gasteiger partial charge in [-0.3, -0.25) is 4.99 Å². The zero-order valence-electron chi connectivity index (χ0n) is 11.1. The molecule has 17 heavy (non-hydrogen) atoms. The molecule has 1 rings (SSSR count). The van der Waals surface area contributed by atoms with E-state index in [1.54, 1.807) is 0 Å². The SMILES string of the molecule is CCCN=C(N)NCCN1CCCC(C)C1.I. The normalized spacial score (nSPS) is 22.0. The van der Waals surface area contributed by atoms with Gasteiger partial charge in [-0.15, -0.1) is 24.0 Å². The minimum absolute atomic E-state index is 0. The fourth-order valence-corrected chi connectivity index (χ4v) is 2.12. The summed E-state index contributed by atoms with van der Waals surface area (Å²) >= 11 is 0. The Morgan fingerprint density at radius 3 is 2.94 bits per heavy atom. The zero-order chi connectivity index (χ0) is 11.8. The summed E-state index contributed by atoms with van der Waals surface area (Å²) in [7, 11) is 0. The molecule has 0 aromatic rings. The van der Waals surface area contributed by atoms with E-state index < -0.39 is 0 Å². The molecular formula is C12H27IN4. The number of guanidine groups is 1. The van der Waals surface area contributed by atoms with Gasteiger partial charge in [0.05, 0.1) is 0 Å². The molecule has 0 aromatic carbocycles. The highest BCUT2D eigenvalue weighted by molar-refractivity contribution is 14.0. The molecule has 0 radical (unpaired) electrons. The van der Waals surface area contributed by atoms with Gasteiger partial charge in [0, 0.05) is 26.2 Å². The molecule has 5 heteroatoms. The summed E-state index contributed by atoms with van der Waals surface area (Å²) in [6.45, 7) is 9.70. The topological polar surface area (TPSA) is 53.6 Å². The first-order valence-electron chi connectivity index (χ1n) is 6.48. The molecular weight excluding hydrogens is 327 g/mol. The first-order chi connectivity index (χ1) is 7.72. The van der Waals surface area contributed by atoms with Crippen molar-refractivity contribution in [2.45, 2.75) is 33.1 Å². The van der Waals surface area contributed by atoms with E-state index in [-0.39, 0.29) is 24.0 Å². The number of halogens is 1. The Morgan fingerprint density at radius 1 is 1.53 bits per heavy atom. The van der Waals surface area contributed by atoms with E-state index in [0.29, 0.717) is 5.96 Å². The van der Waals surface area contributed by atoms with Gasteiger partial charge in [-0.1, -0.05) is 13.8 Å². The molecule has 1 aliphatic heterocycles. The Kier molecular flexibility index (Phi) is 9.91. The molecule has 1 heterocycles. The Bertz CT molecular complexity index is 221. The molecule has 0 aliphatic carbocycles. The quantitative estimate of drug-likeness (QED) is 0.449. The lowest BCUT2D eigenvalue weighted by Crippen LogP contribution is -2.42. The Morgan fingerprint density at radius 2 is 2.29 bits per heavy atom. The second-order valence-corrected chi connectivity index (χ2v) is 4.74. The molecule has 0 aromatic heterocycles. The van der Waals surface area contributed by atoms with Crippen molar-refractivity contribution in [2.75, 3.05) is 32.7 Å². The average molecular weight is 354 g/mol. The van der Waals surface area contributed by atoms with E-state index >= 15 is 0 Å².